The highest BCUT2D eigenvalue weighted by molar-refractivity contribution is 9.10. The molecule has 2 atom stereocenters. The summed E-state index contributed by atoms with van der Waals surface area (Å²) in [7, 11) is 0. The average molecular weight is 325 g/mol. The van der Waals surface area contributed by atoms with Crippen LogP contribution in [0.2, 0.25) is 0 Å². The van der Waals surface area contributed by atoms with Crippen LogP contribution in [0.3, 0.4) is 0 Å². The largest absolute Gasteiger partial charge is 0.332 e. The highest BCUT2D eigenvalue weighted by Gasteiger charge is 2.32. The lowest BCUT2D eigenvalue weighted by molar-refractivity contribution is 0.0493. The van der Waals surface area contributed by atoms with Crippen molar-refractivity contribution in [2.75, 3.05) is 6.54 Å². The first-order chi connectivity index (χ1) is 9.04. The number of carbonyl (C=O) groups is 1. The summed E-state index contributed by atoms with van der Waals surface area (Å²) in [5, 5.41) is 0. The van der Waals surface area contributed by atoms with Gasteiger partial charge in [-0.05, 0) is 61.2 Å². The van der Waals surface area contributed by atoms with Crippen LogP contribution in [-0.4, -0.2) is 29.4 Å². The van der Waals surface area contributed by atoms with E-state index in [1.54, 1.807) is 0 Å². The smallest absolute Gasteiger partial charge is 0.255 e. The fourth-order valence-corrected chi connectivity index (χ4v) is 3.24. The van der Waals surface area contributed by atoms with Crippen molar-refractivity contribution >= 4 is 21.8 Å². The Morgan fingerprint density at radius 3 is 2.89 bits per heavy atom. The van der Waals surface area contributed by atoms with Gasteiger partial charge in [0.2, 0.25) is 0 Å². The van der Waals surface area contributed by atoms with Crippen molar-refractivity contribution in [2.45, 2.75) is 45.2 Å². The van der Waals surface area contributed by atoms with E-state index in [1.807, 2.05) is 30.0 Å². The Labute approximate surface area is 123 Å². The number of piperidine rings is 1. The molecule has 1 aliphatic heterocycles. The van der Waals surface area contributed by atoms with Gasteiger partial charge in [-0.1, -0.05) is 11.6 Å². The second-order valence-corrected chi connectivity index (χ2v) is 6.22. The minimum atomic E-state index is 0.0956. The highest BCUT2D eigenvalue weighted by Crippen LogP contribution is 2.27. The third-order valence-corrected chi connectivity index (χ3v) is 4.58. The monoisotopic (exact) mass is 324 g/mol. The Hall–Kier alpha value is -0.870. The van der Waals surface area contributed by atoms with Crippen LogP contribution >= 0.6 is 15.9 Å². The van der Waals surface area contributed by atoms with Crippen molar-refractivity contribution in [3.05, 3.63) is 33.8 Å². The fraction of sp³-hybridized carbons (Fsp3) is 0.533. The minimum Gasteiger partial charge on any atom is -0.332 e. The lowest BCUT2D eigenvalue weighted by atomic mass is 9.95. The van der Waals surface area contributed by atoms with Gasteiger partial charge in [0.1, 0.15) is 0 Å². The highest BCUT2D eigenvalue weighted by atomic mass is 79.9. The zero-order valence-corrected chi connectivity index (χ0v) is 13.1. The molecule has 0 radical (unpaired) electrons. The standard InChI is InChI=1S/C15H21BrN2O/c1-10-6-7-14(16)13(8-10)15(19)18-11(2)4-3-5-12(18)9-17/h6-8,11-12H,3-5,9,17H2,1-2H3. The Balaban J connectivity index is 2.33. The van der Waals surface area contributed by atoms with Crippen molar-refractivity contribution in [3.8, 4) is 0 Å². The van der Waals surface area contributed by atoms with E-state index in [0.717, 1.165) is 34.9 Å². The molecule has 0 aromatic heterocycles. The van der Waals surface area contributed by atoms with E-state index in [0.29, 0.717) is 6.54 Å². The molecule has 0 saturated carbocycles. The maximum Gasteiger partial charge on any atom is 0.255 e. The van der Waals surface area contributed by atoms with Crippen LogP contribution in [0, 0.1) is 6.92 Å². The summed E-state index contributed by atoms with van der Waals surface area (Å²) in [5.74, 6) is 0.0956. The van der Waals surface area contributed by atoms with Gasteiger partial charge in [-0.25, -0.2) is 0 Å². The molecule has 2 N–H and O–H groups in total. The van der Waals surface area contributed by atoms with E-state index in [2.05, 4.69) is 22.9 Å². The molecule has 2 unspecified atom stereocenters. The number of halogens is 1. The molecule has 4 heteroatoms. The molecule has 1 aliphatic rings. The Bertz CT molecular complexity index is 475. The topological polar surface area (TPSA) is 46.3 Å². The predicted molar refractivity (Wildman–Crippen MR) is 81.2 cm³/mol. The number of likely N-dealkylation sites (tertiary alicyclic amines) is 1. The number of rotatable bonds is 2. The number of aryl methyl sites for hydroxylation is 1. The summed E-state index contributed by atoms with van der Waals surface area (Å²) >= 11 is 3.48. The molecular weight excluding hydrogens is 304 g/mol. The molecular formula is C15H21BrN2O. The van der Waals surface area contributed by atoms with E-state index in [4.69, 9.17) is 5.73 Å². The molecule has 2 rings (SSSR count). The van der Waals surface area contributed by atoms with Crippen molar-refractivity contribution in [1.29, 1.82) is 0 Å². The van der Waals surface area contributed by atoms with Gasteiger partial charge in [-0.2, -0.15) is 0 Å². The summed E-state index contributed by atoms with van der Waals surface area (Å²) in [4.78, 5) is 14.8. The summed E-state index contributed by atoms with van der Waals surface area (Å²) in [6, 6.07) is 6.32. The quantitative estimate of drug-likeness (QED) is 0.908. The van der Waals surface area contributed by atoms with Crippen LogP contribution < -0.4 is 5.73 Å². The number of hydrogen-bond acceptors (Lipinski definition) is 2. The van der Waals surface area contributed by atoms with Crippen LogP contribution in [0.1, 0.15) is 42.1 Å². The van der Waals surface area contributed by atoms with Gasteiger partial charge in [0, 0.05) is 23.1 Å². The molecule has 1 fully saturated rings. The first-order valence-corrected chi connectivity index (χ1v) is 7.62. The molecule has 3 nitrogen and oxygen atoms in total. The van der Waals surface area contributed by atoms with Crippen LogP contribution in [0.25, 0.3) is 0 Å². The maximum atomic E-state index is 12.8. The fourth-order valence-electron chi connectivity index (χ4n) is 2.83. The first-order valence-electron chi connectivity index (χ1n) is 6.83. The van der Waals surface area contributed by atoms with Gasteiger partial charge in [-0.3, -0.25) is 4.79 Å². The number of carbonyl (C=O) groups excluding carboxylic acids is 1. The van der Waals surface area contributed by atoms with E-state index >= 15 is 0 Å². The van der Waals surface area contributed by atoms with Crippen molar-refractivity contribution < 1.29 is 4.79 Å². The zero-order valence-electron chi connectivity index (χ0n) is 11.5. The number of nitrogens with zero attached hydrogens (tertiary/aromatic N) is 1. The summed E-state index contributed by atoms with van der Waals surface area (Å²) in [6.45, 7) is 4.66. The molecule has 0 bridgehead atoms. The van der Waals surface area contributed by atoms with Gasteiger partial charge < -0.3 is 10.6 Å². The Morgan fingerprint density at radius 2 is 2.21 bits per heavy atom. The van der Waals surface area contributed by atoms with E-state index in [1.165, 1.54) is 0 Å². The van der Waals surface area contributed by atoms with Gasteiger partial charge in [-0.15, -0.1) is 0 Å². The van der Waals surface area contributed by atoms with Gasteiger partial charge in [0.15, 0.2) is 0 Å². The lowest BCUT2D eigenvalue weighted by Crippen LogP contribution is -2.51. The maximum absolute atomic E-state index is 12.8. The SMILES string of the molecule is Cc1ccc(Br)c(C(=O)N2C(C)CCCC2CN)c1. The summed E-state index contributed by atoms with van der Waals surface area (Å²) < 4.78 is 0.858. The third-order valence-electron chi connectivity index (χ3n) is 3.89. The molecule has 19 heavy (non-hydrogen) atoms. The number of amides is 1. The lowest BCUT2D eigenvalue weighted by Gasteiger charge is -2.40. The average Bonchev–Trinajstić information content (AvgIpc) is 2.40. The van der Waals surface area contributed by atoms with Crippen LogP contribution in [0.5, 0.6) is 0 Å². The van der Waals surface area contributed by atoms with E-state index in [9.17, 15) is 4.79 Å². The van der Waals surface area contributed by atoms with Crippen molar-refractivity contribution in [2.24, 2.45) is 5.73 Å². The predicted octanol–water partition coefficient (Wildman–Crippen LogP) is 3.10. The van der Waals surface area contributed by atoms with Crippen molar-refractivity contribution in [1.82, 2.24) is 4.90 Å². The number of nitrogens with two attached hydrogens (primary N) is 1. The second-order valence-electron chi connectivity index (χ2n) is 5.37. The van der Waals surface area contributed by atoms with Gasteiger partial charge in [0.05, 0.1) is 5.56 Å². The molecule has 1 saturated heterocycles. The number of benzene rings is 1. The Kier molecular flexibility index (Phi) is 4.63. The normalized spacial score (nSPS) is 23.5. The van der Waals surface area contributed by atoms with Gasteiger partial charge in [0.25, 0.3) is 5.91 Å². The van der Waals surface area contributed by atoms with Crippen LogP contribution in [0.15, 0.2) is 22.7 Å². The van der Waals surface area contributed by atoms with Gasteiger partial charge >= 0.3 is 0 Å². The Morgan fingerprint density at radius 1 is 1.47 bits per heavy atom. The van der Waals surface area contributed by atoms with E-state index in [-0.39, 0.29) is 18.0 Å². The molecule has 104 valence electrons. The molecule has 0 aliphatic carbocycles. The molecule has 1 amide bonds. The van der Waals surface area contributed by atoms with Crippen LogP contribution in [0.4, 0.5) is 0 Å². The second kappa shape index (κ2) is 6.06. The third kappa shape index (κ3) is 3.00. The minimum absolute atomic E-state index is 0.0956. The zero-order chi connectivity index (χ0) is 14.0. The van der Waals surface area contributed by atoms with Crippen molar-refractivity contribution in [3.63, 3.8) is 0 Å². The molecule has 1 aromatic rings. The molecule has 0 spiro atoms. The first kappa shape index (κ1) is 14.5. The summed E-state index contributed by atoms with van der Waals surface area (Å²) in [6.07, 6.45) is 3.23. The number of hydrogen-bond donors (Lipinski definition) is 1. The molecule has 1 heterocycles. The van der Waals surface area contributed by atoms with Crippen LogP contribution in [-0.2, 0) is 0 Å². The van der Waals surface area contributed by atoms with E-state index < -0.39 is 0 Å². The summed E-state index contributed by atoms with van der Waals surface area (Å²) in [5.41, 5.74) is 7.67. The molecule has 1 aromatic carbocycles.